The Balaban J connectivity index is 1.28. The van der Waals surface area contributed by atoms with Gasteiger partial charge in [0.25, 0.3) is 11.8 Å². The number of likely N-dealkylation sites (tertiary alicyclic amines) is 2. The maximum Gasteiger partial charge on any atom is 0.253 e. The summed E-state index contributed by atoms with van der Waals surface area (Å²) in [7, 11) is 0. The first-order valence-electron chi connectivity index (χ1n) is 11.5. The van der Waals surface area contributed by atoms with E-state index in [2.05, 4.69) is 22.1 Å². The predicted molar refractivity (Wildman–Crippen MR) is 126 cm³/mol. The zero-order valence-corrected chi connectivity index (χ0v) is 19.4. The molecule has 0 bridgehead atoms. The normalized spacial score (nSPS) is 20.2. The second-order valence-electron chi connectivity index (χ2n) is 8.99. The maximum absolute atomic E-state index is 12.9. The fourth-order valence-electron chi connectivity index (χ4n) is 4.76. The van der Waals surface area contributed by atoms with Gasteiger partial charge in [0, 0.05) is 48.0 Å². The van der Waals surface area contributed by atoms with Gasteiger partial charge in [-0.25, -0.2) is 0 Å². The topological polar surface area (TPSA) is 65.5 Å². The molecule has 1 unspecified atom stereocenters. The van der Waals surface area contributed by atoms with Gasteiger partial charge in [-0.1, -0.05) is 18.5 Å². The van der Waals surface area contributed by atoms with Crippen molar-refractivity contribution in [3.05, 3.63) is 64.4 Å². The van der Waals surface area contributed by atoms with E-state index < -0.39 is 0 Å². The minimum atomic E-state index is -0.206. The van der Waals surface area contributed by atoms with Crippen molar-refractivity contribution in [2.75, 3.05) is 26.2 Å². The molecule has 2 aromatic rings. The van der Waals surface area contributed by atoms with Crippen LogP contribution in [-0.4, -0.2) is 58.8 Å². The molecule has 1 N–H and O–H groups in total. The van der Waals surface area contributed by atoms with Gasteiger partial charge in [-0.3, -0.25) is 19.5 Å². The van der Waals surface area contributed by atoms with Crippen LogP contribution in [-0.2, 0) is 6.54 Å². The Hall–Kier alpha value is -2.44. The van der Waals surface area contributed by atoms with Gasteiger partial charge in [-0.05, 0) is 74.5 Å². The molecule has 2 amide bonds. The Morgan fingerprint density at radius 1 is 1.06 bits per heavy atom. The van der Waals surface area contributed by atoms with Crippen molar-refractivity contribution in [3.8, 4) is 0 Å². The number of hydrogen-bond acceptors (Lipinski definition) is 4. The number of pyridine rings is 1. The lowest BCUT2D eigenvalue weighted by Crippen LogP contribution is -2.49. The van der Waals surface area contributed by atoms with E-state index in [1.807, 2.05) is 4.90 Å². The van der Waals surface area contributed by atoms with E-state index >= 15 is 0 Å². The molecule has 2 fully saturated rings. The Kier molecular flexibility index (Phi) is 7.43. The molecule has 2 aliphatic heterocycles. The van der Waals surface area contributed by atoms with Crippen molar-refractivity contribution >= 4 is 23.4 Å². The van der Waals surface area contributed by atoms with E-state index in [-0.39, 0.29) is 11.8 Å². The molecule has 2 aliphatic rings. The van der Waals surface area contributed by atoms with Gasteiger partial charge in [0.15, 0.2) is 0 Å². The van der Waals surface area contributed by atoms with E-state index in [0.717, 1.165) is 31.8 Å². The monoisotopic (exact) mass is 454 g/mol. The Labute approximate surface area is 195 Å². The van der Waals surface area contributed by atoms with E-state index in [4.69, 9.17) is 11.6 Å². The van der Waals surface area contributed by atoms with Crippen LogP contribution in [0.3, 0.4) is 0 Å². The summed E-state index contributed by atoms with van der Waals surface area (Å²) in [4.78, 5) is 34.1. The van der Waals surface area contributed by atoms with Crippen LogP contribution < -0.4 is 5.32 Å². The largest absolute Gasteiger partial charge is 0.346 e. The van der Waals surface area contributed by atoms with Crippen LogP contribution in [0, 0.1) is 5.92 Å². The summed E-state index contributed by atoms with van der Waals surface area (Å²) in [6.45, 7) is 6.61. The molecule has 2 saturated heterocycles. The predicted octanol–water partition coefficient (Wildman–Crippen LogP) is 4.00. The fraction of sp³-hybridized carbons (Fsp3) is 0.480. The van der Waals surface area contributed by atoms with Gasteiger partial charge >= 0.3 is 0 Å². The van der Waals surface area contributed by atoms with Gasteiger partial charge in [0.05, 0.1) is 12.2 Å². The molecule has 170 valence electrons. The van der Waals surface area contributed by atoms with Gasteiger partial charge in [0.2, 0.25) is 0 Å². The van der Waals surface area contributed by atoms with Gasteiger partial charge in [0.1, 0.15) is 0 Å². The lowest BCUT2D eigenvalue weighted by Gasteiger charge is -2.41. The molecule has 0 spiro atoms. The minimum Gasteiger partial charge on any atom is -0.346 e. The first-order chi connectivity index (χ1) is 15.5. The van der Waals surface area contributed by atoms with Gasteiger partial charge in [-0.2, -0.15) is 0 Å². The summed E-state index contributed by atoms with van der Waals surface area (Å²) in [5, 5.41) is 3.42. The van der Waals surface area contributed by atoms with Crippen LogP contribution in [0.2, 0.25) is 5.02 Å². The highest BCUT2D eigenvalue weighted by atomic mass is 35.5. The highest BCUT2D eigenvalue weighted by Gasteiger charge is 2.29. The number of nitrogens with one attached hydrogen (secondary N) is 1. The number of benzene rings is 1. The number of carbonyl (C=O) groups is 2. The lowest BCUT2D eigenvalue weighted by atomic mass is 9.95. The molecule has 7 heteroatoms. The molecular weight excluding hydrogens is 424 g/mol. The number of rotatable bonds is 5. The zero-order valence-electron chi connectivity index (χ0n) is 18.6. The molecule has 1 aromatic carbocycles. The third-order valence-electron chi connectivity index (χ3n) is 6.56. The Morgan fingerprint density at radius 3 is 2.47 bits per heavy atom. The number of nitrogens with zero attached hydrogens (tertiary/aromatic N) is 3. The average Bonchev–Trinajstić information content (AvgIpc) is 2.82. The third-order valence-corrected chi connectivity index (χ3v) is 6.79. The summed E-state index contributed by atoms with van der Waals surface area (Å²) in [6.07, 6.45) is 6.31. The second-order valence-corrected chi connectivity index (χ2v) is 9.43. The number of hydrogen-bond donors (Lipinski definition) is 1. The first-order valence-corrected chi connectivity index (χ1v) is 11.9. The molecule has 0 saturated carbocycles. The molecule has 1 aromatic heterocycles. The Morgan fingerprint density at radius 2 is 1.78 bits per heavy atom. The molecule has 4 rings (SSSR count). The van der Waals surface area contributed by atoms with E-state index in [0.29, 0.717) is 34.4 Å². The van der Waals surface area contributed by atoms with Crippen LogP contribution >= 0.6 is 11.6 Å². The number of aromatic nitrogens is 1. The maximum atomic E-state index is 12.9. The molecule has 6 nitrogen and oxygen atoms in total. The van der Waals surface area contributed by atoms with E-state index in [1.54, 1.807) is 42.6 Å². The number of carbonyl (C=O) groups excluding carboxylic acids is 2. The van der Waals surface area contributed by atoms with Gasteiger partial charge in [-0.15, -0.1) is 0 Å². The second kappa shape index (κ2) is 10.5. The van der Waals surface area contributed by atoms with Crippen molar-refractivity contribution in [1.82, 2.24) is 20.1 Å². The van der Waals surface area contributed by atoms with Crippen molar-refractivity contribution in [2.24, 2.45) is 5.92 Å². The smallest absolute Gasteiger partial charge is 0.253 e. The molecule has 1 atom stereocenters. The average molecular weight is 455 g/mol. The zero-order chi connectivity index (χ0) is 22.5. The van der Waals surface area contributed by atoms with Gasteiger partial charge < -0.3 is 10.2 Å². The van der Waals surface area contributed by atoms with Crippen LogP contribution in [0.1, 0.15) is 59.0 Å². The van der Waals surface area contributed by atoms with Crippen molar-refractivity contribution in [1.29, 1.82) is 0 Å². The van der Waals surface area contributed by atoms with Crippen molar-refractivity contribution in [2.45, 2.75) is 45.2 Å². The molecule has 3 heterocycles. The molecule has 0 radical (unpaired) electrons. The van der Waals surface area contributed by atoms with Crippen LogP contribution in [0.25, 0.3) is 0 Å². The first kappa shape index (κ1) is 22.7. The number of piperidine rings is 2. The SMILES string of the molecule is CC1CCCN(C2CCN(C(=O)c3ccc(C(=O)NCc4cc(Cl)ccn4)cc3)CC2)C1. The van der Waals surface area contributed by atoms with E-state index in [9.17, 15) is 9.59 Å². The molecule has 32 heavy (non-hydrogen) atoms. The summed E-state index contributed by atoms with van der Waals surface area (Å²) in [6, 6.07) is 10.9. The van der Waals surface area contributed by atoms with Crippen molar-refractivity contribution in [3.63, 3.8) is 0 Å². The van der Waals surface area contributed by atoms with Crippen LogP contribution in [0.15, 0.2) is 42.6 Å². The highest BCUT2D eigenvalue weighted by molar-refractivity contribution is 6.30. The van der Waals surface area contributed by atoms with E-state index in [1.165, 1.54) is 25.9 Å². The standard InChI is InChI=1S/C25H31ClN4O2/c1-18-3-2-12-30(17-18)23-9-13-29(14-10-23)25(32)20-6-4-19(5-7-20)24(31)28-16-22-15-21(26)8-11-27-22/h4-8,11,15,18,23H,2-3,9-10,12-14,16-17H2,1H3,(H,28,31). The minimum absolute atomic E-state index is 0.0468. The number of halogens is 1. The summed E-state index contributed by atoms with van der Waals surface area (Å²) < 4.78 is 0. The molecule has 0 aliphatic carbocycles. The fourth-order valence-corrected chi connectivity index (χ4v) is 4.94. The number of amides is 2. The summed E-state index contributed by atoms with van der Waals surface area (Å²) in [5.74, 6) is 0.619. The summed E-state index contributed by atoms with van der Waals surface area (Å²) in [5.41, 5.74) is 1.84. The van der Waals surface area contributed by atoms with Crippen LogP contribution in [0.5, 0.6) is 0 Å². The van der Waals surface area contributed by atoms with Crippen molar-refractivity contribution < 1.29 is 9.59 Å². The summed E-state index contributed by atoms with van der Waals surface area (Å²) >= 11 is 5.95. The van der Waals surface area contributed by atoms with Crippen LogP contribution in [0.4, 0.5) is 0 Å². The lowest BCUT2D eigenvalue weighted by molar-refractivity contribution is 0.0541. The highest BCUT2D eigenvalue weighted by Crippen LogP contribution is 2.24. The quantitative estimate of drug-likeness (QED) is 0.741. The third kappa shape index (κ3) is 5.67. The molecular formula is C25H31ClN4O2. The Bertz CT molecular complexity index is 941.